The first kappa shape index (κ1) is 14.1. The maximum Gasteiger partial charge on any atom is 0.305 e. The molecule has 1 aromatic rings. The van der Waals surface area contributed by atoms with E-state index < -0.39 is 0 Å². The lowest BCUT2D eigenvalue weighted by molar-refractivity contribution is -0.156. The van der Waals surface area contributed by atoms with Crippen molar-refractivity contribution in [1.82, 2.24) is 0 Å². The van der Waals surface area contributed by atoms with E-state index in [1.165, 1.54) is 12.8 Å². The minimum atomic E-state index is -0.256. The van der Waals surface area contributed by atoms with Crippen molar-refractivity contribution in [3.63, 3.8) is 0 Å². The van der Waals surface area contributed by atoms with Crippen LogP contribution < -0.4 is 0 Å². The quantitative estimate of drug-likeness (QED) is 0.705. The maximum atomic E-state index is 11.4. The van der Waals surface area contributed by atoms with Crippen molar-refractivity contribution in [2.75, 3.05) is 6.61 Å². The van der Waals surface area contributed by atoms with Gasteiger partial charge in [0.05, 0.1) is 6.61 Å². The summed E-state index contributed by atoms with van der Waals surface area (Å²) >= 11 is 0. The van der Waals surface area contributed by atoms with E-state index >= 15 is 0 Å². The fourth-order valence-corrected chi connectivity index (χ4v) is 2.02. The predicted octanol–water partition coefficient (Wildman–Crippen LogP) is 3.50. The van der Waals surface area contributed by atoms with Crippen molar-refractivity contribution < 1.29 is 14.3 Å². The van der Waals surface area contributed by atoms with Crippen LogP contribution in [0, 0.1) is 5.92 Å². The normalized spacial score (nSPS) is 17.8. The van der Waals surface area contributed by atoms with Crippen molar-refractivity contribution in [3.05, 3.63) is 35.9 Å². The molecular formula is C16H22O3. The van der Waals surface area contributed by atoms with Gasteiger partial charge >= 0.3 is 5.97 Å². The third-order valence-electron chi connectivity index (χ3n) is 3.37. The SMILES string of the molecule is CCC(=O)OC(C)C(OCC1CC1)c1ccccc1. The van der Waals surface area contributed by atoms with Gasteiger partial charge in [-0.1, -0.05) is 37.3 Å². The van der Waals surface area contributed by atoms with E-state index in [4.69, 9.17) is 9.47 Å². The van der Waals surface area contributed by atoms with Crippen LogP contribution >= 0.6 is 0 Å². The van der Waals surface area contributed by atoms with Crippen molar-refractivity contribution in [3.8, 4) is 0 Å². The Morgan fingerprint density at radius 1 is 1.32 bits per heavy atom. The van der Waals surface area contributed by atoms with Crippen LogP contribution in [0.5, 0.6) is 0 Å². The zero-order valence-electron chi connectivity index (χ0n) is 11.7. The fourth-order valence-electron chi connectivity index (χ4n) is 2.02. The van der Waals surface area contributed by atoms with E-state index in [9.17, 15) is 4.79 Å². The van der Waals surface area contributed by atoms with Crippen LogP contribution in [-0.4, -0.2) is 18.7 Å². The highest BCUT2D eigenvalue weighted by Gasteiger charge is 2.27. The Bertz CT molecular complexity index is 398. The van der Waals surface area contributed by atoms with Crippen molar-refractivity contribution in [2.45, 2.75) is 45.3 Å². The number of hydrogen-bond acceptors (Lipinski definition) is 3. The molecule has 0 heterocycles. The van der Waals surface area contributed by atoms with Gasteiger partial charge in [-0.15, -0.1) is 0 Å². The molecule has 2 atom stereocenters. The Morgan fingerprint density at radius 2 is 2.00 bits per heavy atom. The Hall–Kier alpha value is -1.35. The molecule has 0 saturated heterocycles. The van der Waals surface area contributed by atoms with Gasteiger partial charge in [0.25, 0.3) is 0 Å². The minimum absolute atomic E-state index is 0.169. The highest BCUT2D eigenvalue weighted by molar-refractivity contribution is 5.69. The van der Waals surface area contributed by atoms with Crippen molar-refractivity contribution in [1.29, 1.82) is 0 Å². The van der Waals surface area contributed by atoms with Crippen LogP contribution in [0.25, 0.3) is 0 Å². The van der Waals surface area contributed by atoms with Gasteiger partial charge in [-0.05, 0) is 31.2 Å². The average molecular weight is 262 g/mol. The lowest BCUT2D eigenvalue weighted by Crippen LogP contribution is -2.25. The monoisotopic (exact) mass is 262 g/mol. The molecule has 0 aliphatic heterocycles. The summed E-state index contributed by atoms with van der Waals surface area (Å²) in [4.78, 5) is 11.4. The summed E-state index contributed by atoms with van der Waals surface area (Å²) in [6, 6.07) is 9.99. The Balaban J connectivity index is 2.01. The summed E-state index contributed by atoms with van der Waals surface area (Å²) < 4.78 is 11.4. The minimum Gasteiger partial charge on any atom is -0.460 e. The zero-order valence-corrected chi connectivity index (χ0v) is 11.7. The molecule has 1 saturated carbocycles. The molecule has 104 valence electrons. The predicted molar refractivity (Wildman–Crippen MR) is 73.7 cm³/mol. The van der Waals surface area contributed by atoms with Crippen LogP contribution in [0.3, 0.4) is 0 Å². The van der Waals surface area contributed by atoms with Gasteiger partial charge in [-0.25, -0.2) is 0 Å². The summed E-state index contributed by atoms with van der Waals surface area (Å²) in [6.07, 6.45) is 2.48. The Morgan fingerprint density at radius 3 is 2.58 bits per heavy atom. The largest absolute Gasteiger partial charge is 0.460 e. The molecule has 0 amide bonds. The third kappa shape index (κ3) is 4.35. The first-order chi connectivity index (χ1) is 9.20. The number of carbonyl (C=O) groups excluding carboxylic acids is 1. The molecule has 1 aliphatic carbocycles. The van der Waals surface area contributed by atoms with Crippen LogP contribution in [0.15, 0.2) is 30.3 Å². The Kier molecular flexibility index (Phi) is 4.97. The van der Waals surface area contributed by atoms with Crippen LogP contribution in [-0.2, 0) is 14.3 Å². The summed E-state index contributed by atoms with van der Waals surface area (Å²) in [5.74, 6) is 0.517. The smallest absolute Gasteiger partial charge is 0.305 e. The number of benzene rings is 1. The number of rotatable bonds is 7. The molecule has 3 heteroatoms. The summed E-state index contributed by atoms with van der Waals surface area (Å²) in [7, 11) is 0. The van der Waals surface area contributed by atoms with Gasteiger partial charge in [0, 0.05) is 6.42 Å². The first-order valence-corrected chi connectivity index (χ1v) is 7.06. The lowest BCUT2D eigenvalue weighted by atomic mass is 10.1. The zero-order chi connectivity index (χ0) is 13.7. The molecule has 1 aromatic carbocycles. The number of esters is 1. The van der Waals surface area contributed by atoms with Crippen LogP contribution in [0.1, 0.15) is 44.8 Å². The second kappa shape index (κ2) is 6.71. The number of hydrogen-bond donors (Lipinski definition) is 0. The standard InChI is InChI=1S/C16H22O3/c1-3-15(17)19-12(2)16(18-11-13-9-10-13)14-7-5-4-6-8-14/h4-8,12-13,16H,3,9-11H2,1-2H3. The molecule has 0 aromatic heterocycles. The molecule has 1 fully saturated rings. The van der Waals surface area contributed by atoms with Gasteiger partial charge in [0.1, 0.15) is 12.2 Å². The van der Waals surface area contributed by atoms with Gasteiger partial charge < -0.3 is 9.47 Å². The molecule has 0 bridgehead atoms. The van der Waals surface area contributed by atoms with E-state index in [2.05, 4.69) is 0 Å². The summed E-state index contributed by atoms with van der Waals surface area (Å²) in [5.41, 5.74) is 1.07. The molecule has 0 spiro atoms. The topological polar surface area (TPSA) is 35.5 Å². The molecule has 3 nitrogen and oxygen atoms in total. The molecule has 1 aliphatic rings. The van der Waals surface area contributed by atoms with E-state index in [-0.39, 0.29) is 18.2 Å². The van der Waals surface area contributed by atoms with E-state index in [0.717, 1.165) is 12.2 Å². The van der Waals surface area contributed by atoms with Crippen molar-refractivity contribution >= 4 is 5.97 Å². The van der Waals surface area contributed by atoms with Crippen LogP contribution in [0.2, 0.25) is 0 Å². The van der Waals surface area contributed by atoms with Gasteiger partial charge in [0.2, 0.25) is 0 Å². The maximum absolute atomic E-state index is 11.4. The van der Waals surface area contributed by atoms with Crippen molar-refractivity contribution in [2.24, 2.45) is 5.92 Å². The first-order valence-electron chi connectivity index (χ1n) is 7.06. The molecule has 0 N–H and O–H groups in total. The summed E-state index contributed by atoms with van der Waals surface area (Å²) in [6.45, 7) is 4.46. The van der Waals surface area contributed by atoms with E-state index in [1.54, 1.807) is 6.92 Å². The Labute approximate surface area is 114 Å². The third-order valence-corrected chi connectivity index (χ3v) is 3.37. The van der Waals surface area contributed by atoms with Gasteiger partial charge in [-0.2, -0.15) is 0 Å². The van der Waals surface area contributed by atoms with Gasteiger partial charge in [-0.3, -0.25) is 4.79 Å². The highest BCUT2D eigenvalue weighted by Crippen LogP contribution is 2.32. The lowest BCUT2D eigenvalue weighted by Gasteiger charge is -2.24. The molecule has 2 rings (SSSR count). The van der Waals surface area contributed by atoms with E-state index in [1.807, 2.05) is 37.3 Å². The summed E-state index contributed by atoms with van der Waals surface area (Å²) in [5, 5.41) is 0. The second-order valence-electron chi connectivity index (χ2n) is 5.16. The number of ether oxygens (including phenoxy) is 2. The average Bonchev–Trinajstić information content (AvgIpc) is 3.24. The molecule has 19 heavy (non-hydrogen) atoms. The fraction of sp³-hybridized carbons (Fsp3) is 0.562. The molecule has 2 unspecified atom stereocenters. The van der Waals surface area contributed by atoms with Gasteiger partial charge in [0.15, 0.2) is 0 Å². The number of carbonyl (C=O) groups is 1. The van der Waals surface area contributed by atoms with Crippen LogP contribution in [0.4, 0.5) is 0 Å². The molecular weight excluding hydrogens is 240 g/mol. The van der Waals surface area contributed by atoms with E-state index in [0.29, 0.717) is 12.3 Å². The second-order valence-corrected chi connectivity index (χ2v) is 5.16. The highest BCUT2D eigenvalue weighted by atomic mass is 16.6. The molecule has 0 radical (unpaired) electrons.